The summed E-state index contributed by atoms with van der Waals surface area (Å²) in [6.07, 6.45) is -17.9. The third-order valence-electron chi connectivity index (χ3n) is 8.80. The highest BCUT2D eigenvalue weighted by atomic mass is 32.2. The van der Waals surface area contributed by atoms with E-state index in [0.717, 1.165) is 48.2 Å². The van der Waals surface area contributed by atoms with Gasteiger partial charge in [0.15, 0.2) is 12.2 Å². The van der Waals surface area contributed by atoms with E-state index in [4.69, 9.17) is 23.7 Å². The number of carbonyl (C=O) groups excluding carboxylic acids is 3. The first-order valence-corrected chi connectivity index (χ1v) is 18.9. The first-order chi connectivity index (χ1) is 28.7. The number of hydrogen-bond acceptors (Lipinski definition) is 11. The molecule has 1 heterocycles. The van der Waals surface area contributed by atoms with E-state index in [-0.39, 0.29) is 33.4 Å². The number of halogens is 6. The topological polar surface area (TPSA) is 130 Å². The molecule has 1 saturated heterocycles. The summed E-state index contributed by atoms with van der Waals surface area (Å²) in [7, 11) is 0. The molecule has 6 rings (SSSR count). The molecular weight excluding hydrogens is 821 g/mol. The van der Waals surface area contributed by atoms with Gasteiger partial charge in [0.25, 0.3) is 5.23 Å². The number of nitrogens with zero attached hydrogens (tertiary/aromatic N) is 1. The normalized spacial score (nSPS) is 19.5. The van der Waals surface area contributed by atoms with E-state index < -0.39 is 78.7 Å². The fraction of sp³-hybridized carbons (Fsp3) is 0.209. The first-order valence-electron chi connectivity index (χ1n) is 18.0. The molecule has 0 unspecified atom stereocenters. The molecule has 1 fully saturated rings. The summed E-state index contributed by atoms with van der Waals surface area (Å²) in [6, 6.07) is 30.7. The molecule has 1 N–H and O–H groups in total. The third-order valence-corrected chi connectivity index (χ3v) is 9.72. The molecule has 10 nitrogen and oxygen atoms in total. The van der Waals surface area contributed by atoms with Gasteiger partial charge < -0.3 is 28.8 Å². The van der Waals surface area contributed by atoms with E-state index >= 15 is 0 Å². The van der Waals surface area contributed by atoms with E-state index in [0.29, 0.717) is 5.56 Å². The molecule has 0 radical (unpaired) electrons. The highest BCUT2D eigenvalue weighted by Crippen LogP contribution is 2.35. The Morgan fingerprint density at radius 2 is 0.983 bits per heavy atom. The Labute approximate surface area is 342 Å². The minimum absolute atomic E-state index is 0.0295. The molecule has 0 aromatic heterocycles. The highest BCUT2D eigenvalue weighted by molar-refractivity contribution is 8.12. The molecule has 5 atom stereocenters. The highest BCUT2D eigenvalue weighted by Gasteiger charge is 2.54. The molecule has 0 spiro atoms. The minimum atomic E-state index is -4.67. The Balaban J connectivity index is 1.41. The molecule has 0 saturated carbocycles. The lowest BCUT2D eigenvalue weighted by Gasteiger charge is -2.44. The Kier molecular flexibility index (Phi) is 13.9. The predicted molar refractivity (Wildman–Crippen MR) is 205 cm³/mol. The summed E-state index contributed by atoms with van der Waals surface area (Å²) in [5, 5.41) is 10.3. The van der Waals surface area contributed by atoms with E-state index in [1.54, 1.807) is 54.6 Å². The Bertz CT molecular complexity index is 2240. The molecule has 0 amide bonds. The van der Waals surface area contributed by atoms with Gasteiger partial charge in [-0.15, -0.1) is 0 Å². The van der Waals surface area contributed by atoms with Crippen molar-refractivity contribution in [3.05, 3.63) is 173 Å². The van der Waals surface area contributed by atoms with Crippen molar-refractivity contribution in [2.45, 2.75) is 48.8 Å². The van der Waals surface area contributed by atoms with Crippen molar-refractivity contribution >= 4 is 40.6 Å². The molecule has 60 heavy (non-hydrogen) atoms. The molecule has 5 aromatic carbocycles. The van der Waals surface area contributed by atoms with E-state index in [1.165, 1.54) is 48.5 Å². The molecule has 0 aliphatic carbocycles. The summed E-state index contributed by atoms with van der Waals surface area (Å²) in [4.78, 5) is 45.2. The second-order valence-electron chi connectivity index (χ2n) is 13.0. The molecule has 1 aliphatic heterocycles. The number of hydrogen-bond donors (Lipinski definition) is 1. The van der Waals surface area contributed by atoms with Crippen LogP contribution in [0.1, 0.15) is 47.8 Å². The van der Waals surface area contributed by atoms with Crippen LogP contribution >= 0.6 is 11.8 Å². The van der Waals surface area contributed by atoms with Crippen LogP contribution in [0.3, 0.4) is 0 Å². The van der Waals surface area contributed by atoms with Crippen LogP contribution in [0.25, 0.3) is 0 Å². The van der Waals surface area contributed by atoms with Gasteiger partial charge in [0.1, 0.15) is 6.10 Å². The summed E-state index contributed by atoms with van der Waals surface area (Å²) in [6.45, 7) is -0.880. The minimum Gasteiger partial charge on any atom is -0.452 e. The summed E-state index contributed by atoms with van der Waals surface area (Å²) in [5.41, 5.74) is -1.45. The van der Waals surface area contributed by atoms with Gasteiger partial charge >= 0.3 is 30.3 Å². The van der Waals surface area contributed by atoms with Crippen molar-refractivity contribution in [1.29, 1.82) is 0 Å². The quantitative estimate of drug-likeness (QED) is 0.0452. The molecule has 312 valence electrons. The van der Waals surface area contributed by atoms with Crippen molar-refractivity contribution in [3.8, 4) is 0 Å². The van der Waals surface area contributed by atoms with Crippen LogP contribution in [0.2, 0.25) is 0 Å². The second-order valence-corrected chi connectivity index (χ2v) is 13.9. The predicted octanol–water partition coefficient (Wildman–Crippen LogP) is 9.06. The van der Waals surface area contributed by atoms with Gasteiger partial charge in [0, 0.05) is 5.75 Å². The lowest BCUT2D eigenvalue weighted by atomic mass is 9.97. The van der Waals surface area contributed by atoms with Crippen LogP contribution in [0.5, 0.6) is 0 Å². The Hall–Kier alpha value is -6.17. The maximum atomic E-state index is 13.7. The van der Waals surface area contributed by atoms with Crippen LogP contribution in [-0.4, -0.2) is 65.6 Å². The number of benzene rings is 5. The Morgan fingerprint density at radius 3 is 1.42 bits per heavy atom. The van der Waals surface area contributed by atoms with Crippen molar-refractivity contribution in [2.24, 2.45) is 4.99 Å². The number of ether oxygens (including phenoxy) is 5. The van der Waals surface area contributed by atoms with Gasteiger partial charge in [-0.1, -0.05) is 78.5 Å². The largest absolute Gasteiger partial charge is 0.452 e. The maximum absolute atomic E-state index is 13.7. The number of carbonyl (C=O) groups is 3. The van der Waals surface area contributed by atoms with Gasteiger partial charge in [-0.05, 0) is 78.4 Å². The van der Waals surface area contributed by atoms with Gasteiger partial charge in [-0.25, -0.2) is 19.4 Å². The van der Waals surface area contributed by atoms with Crippen LogP contribution in [-0.2, 0) is 41.8 Å². The fourth-order valence-electron chi connectivity index (χ4n) is 5.78. The zero-order valence-corrected chi connectivity index (χ0v) is 31.7. The van der Waals surface area contributed by atoms with Gasteiger partial charge in [-0.3, -0.25) is 0 Å². The molecule has 0 bridgehead atoms. The standard InChI is InChI=1S/C43H33F6NO9S/c44-42(45,46)30-18-16-26(17-19-30)25-60-41(50-32-22-20-31(21-23-32)43(47,48)49)59-40-36(58-39(54)29-14-8-3-9-15-29)35(57-38(53)28-12-6-2-7-13-28)34(33(24-51)55-40)56-37(52)27-10-4-1-5-11-27/h1-23,33-36,40,51H,24-25H2/t33-,34-,35+,36-,40-/m1/s1. The summed E-state index contributed by atoms with van der Waals surface area (Å²) < 4.78 is 110. The van der Waals surface area contributed by atoms with Gasteiger partial charge in [0.2, 0.25) is 12.4 Å². The molecular formula is C43H33F6NO9S. The zero-order chi connectivity index (χ0) is 42.9. The zero-order valence-electron chi connectivity index (χ0n) is 30.9. The van der Waals surface area contributed by atoms with E-state index in [1.807, 2.05) is 0 Å². The number of aliphatic hydroxyl groups is 1. The SMILES string of the molecule is O=C(O[C@@H]1[C@@H](OC(=O)c2ccccc2)[C@@H](OC(=Nc2ccc(C(F)(F)F)cc2)SCc2ccc(C(F)(F)F)cc2)O[C@H](CO)[C@H]1OC(=O)c1ccccc1)c1ccccc1. The molecule has 1 aliphatic rings. The lowest BCUT2D eigenvalue weighted by Crippen LogP contribution is -2.63. The lowest BCUT2D eigenvalue weighted by molar-refractivity contribution is -0.278. The smallest absolute Gasteiger partial charge is 0.416 e. The van der Waals surface area contributed by atoms with Crippen LogP contribution in [0, 0.1) is 0 Å². The average Bonchev–Trinajstić information content (AvgIpc) is 3.25. The number of aliphatic hydroxyl groups excluding tert-OH is 1. The third kappa shape index (κ3) is 11.3. The van der Waals surface area contributed by atoms with Gasteiger partial charge in [-0.2, -0.15) is 26.3 Å². The van der Waals surface area contributed by atoms with E-state index in [2.05, 4.69) is 4.99 Å². The average molecular weight is 854 g/mol. The fourth-order valence-corrected chi connectivity index (χ4v) is 6.59. The Morgan fingerprint density at radius 1 is 0.567 bits per heavy atom. The van der Waals surface area contributed by atoms with Crippen molar-refractivity contribution < 1.29 is 69.5 Å². The number of rotatable bonds is 11. The summed E-state index contributed by atoms with van der Waals surface area (Å²) in [5.74, 6) is -2.97. The molecule has 5 aromatic rings. The van der Waals surface area contributed by atoms with E-state index in [9.17, 15) is 45.8 Å². The van der Waals surface area contributed by atoms with Crippen molar-refractivity contribution in [2.75, 3.05) is 6.61 Å². The van der Waals surface area contributed by atoms with Gasteiger partial charge in [0.05, 0.1) is 40.1 Å². The summed E-state index contributed by atoms with van der Waals surface area (Å²) >= 11 is 0.781. The monoisotopic (exact) mass is 853 g/mol. The number of alkyl halides is 6. The van der Waals surface area contributed by atoms with Crippen LogP contribution in [0.4, 0.5) is 32.0 Å². The second kappa shape index (κ2) is 19.3. The maximum Gasteiger partial charge on any atom is 0.416 e. The van der Waals surface area contributed by atoms with Crippen molar-refractivity contribution in [3.63, 3.8) is 0 Å². The van der Waals surface area contributed by atoms with Crippen LogP contribution < -0.4 is 0 Å². The molecule has 17 heteroatoms. The number of aliphatic imine (C=N–C) groups is 1. The first kappa shape index (κ1) is 43.4. The number of esters is 3. The van der Waals surface area contributed by atoms with Crippen molar-refractivity contribution in [1.82, 2.24) is 0 Å². The van der Waals surface area contributed by atoms with Crippen LogP contribution in [0.15, 0.2) is 145 Å². The number of thioether (sulfide) groups is 1.